The zero-order chi connectivity index (χ0) is 17.1. The van der Waals surface area contributed by atoms with E-state index in [-0.39, 0.29) is 0 Å². The molecule has 0 aliphatic carbocycles. The number of nitrogens with two attached hydrogens (primary N) is 1. The van der Waals surface area contributed by atoms with Crippen molar-refractivity contribution in [2.75, 3.05) is 0 Å². The second-order valence-corrected chi connectivity index (χ2v) is 3.95. The average molecular weight is 337 g/mol. The zero-order valence-electron chi connectivity index (χ0n) is 9.81. The maximum atomic E-state index is 13.0. The molecule has 12 heteroatoms. The van der Waals surface area contributed by atoms with Crippen LogP contribution in [0.3, 0.4) is 0 Å². The van der Waals surface area contributed by atoms with Crippen LogP contribution in [0.2, 0.25) is 0 Å². The lowest BCUT2D eigenvalue weighted by Crippen LogP contribution is -2.53. The minimum absolute atomic E-state index is 2.71. The number of amides is 1. The molecule has 2 nitrogen and oxygen atoms in total. The molecule has 0 saturated carbocycles. The highest BCUT2D eigenvalue weighted by atomic mass is 19.3. The Hall–Kier alpha value is -1.23. The fourth-order valence-electron chi connectivity index (χ4n) is 1.16. The van der Waals surface area contributed by atoms with Crippen molar-refractivity contribution in [3.63, 3.8) is 0 Å². The number of halogens is 10. The summed E-state index contributed by atoms with van der Waals surface area (Å²) in [5.41, 5.74) is 3.99. The van der Waals surface area contributed by atoms with E-state index in [0.29, 0.717) is 0 Å². The molecule has 21 heavy (non-hydrogen) atoms. The molecule has 0 aliphatic heterocycles. The molecule has 0 radical (unpaired) electrons. The fourth-order valence-corrected chi connectivity index (χ4v) is 1.16. The van der Waals surface area contributed by atoms with Crippen molar-refractivity contribution in [3.05, 3.63) is 0 Å². The molecule has 0 aliphatic rings. The van der Waals surface area contributed by atoms with E-state index < -0.39 is 55.3 Å². The third kappa shape index (κ3) is 4.37. The lowest BCUT2D eigenvalue weighted by atomic mass is 9.98. The summed E-state index contributed by atoms with van der Waals surface area (Å²) in [6.07, 6.45) is -28.4. The van der Waals surface area contributed by atoms with Gasteiger partial charge in [-0.15, -0.1) is 0 Å². The largest absolute Gasteiger partial charge is 0.364 e. The van der Waals surface area contributed by atoms with Crippen LogP contribution in [0, 0.1) is 0 Å². The monoisotopic (exact) mass is 337 g/mol. The van der Waals surface area contributed by atoms with E-state index in [0.717, 1.165) is 0 Å². The van der Waals surface area contributed by atoms with Gasteiger partial charge >= 0.3 is 5.92 Å². The van der Waals surface area contributed by atoms with Crippen molar-refractivity contribution in [3.8, 4) is 0 Å². The molecular formula is C9H9F10NO. The van der Waals surface area contributed by atoms with Crippen molar-refractivity contribution in [1.82, 2.24) is 0 Å². The molecule has 2 N–H and O–H groups in total. The predicted octanol–water partition coefficient (Wildman–Crippen LogP) is 2.40. The lowest BCUT2D eigenvalue weighted by Gasteiger charge is -2.26. The Bertz CT molecular complexity index is 353. The number of primary amides is 1. The molecule has 0 rings (SSSR count). The lowest BCUT2D eigenvalue weighted by molar-refractivity contribution is -0.162. The van der Waals surface area contributed by atoms with Crippen LogP contribution < -0.4 is 5.73 Å². The number of carbonyl (C=O) groups excluding carboxylic acids is 1. The summed E-state index contributed by atoms with van der Waals surface area (Å²) >= 11 is 0. The summed E-state index contributed by atoms with van der Waals surface area (Å²) in [5, 5.41) is 0. The molecule has 6 atom stereocenters. The second kappa shape index (κ2) is 7.16. The number of rotatable bonds is 8. The van der Waals surface area contributed by atoms with Gasteiger partial charge in [-0.25, -0.2) is 35.1 Å². The molecule has 0 saturated heterocycles. The van der Waals surface area contributed by atoms with Gasteiger partial charge in [0.25, 0.3) is 12.3 Å². The third-order valence-electron chi connectivity index (χ3n) is 2.41. The van der Waals surface area contributed by atoms with Gasteiger partial charge in [0.15, 0.2) is 30.9 Å². The van der Waals surface area contributed by atoms with E-state index in [1.807, 2.05) is 0 Å². The standard InChI is InChI=1S/C9H9F10NO/c10-1(3(12)5(14)7(16)17)2(11)4(13)6(15)9(18,19)8(20)21/h1-7H,(H2,20,21). The Morgan fingerprint density at radius 3 is 1.38 bits per heavy atom. The highest BCUT2D eigenvalue weighted by molar-refractivity contribution is 5.82. The third-order valence-corrected chi connectivity index (χ3v) is 2.41. The number of alkyl halides is 10. The van der Waals surface area contributed by atoms with Crippen LogP contribution in [-0.2, 0) is 4.79 Å². The summed E-state index contributed by atoms with van der Waals surface area (Å²) in [6.45, 7) is 0. The van der Waals surface area contributed by atoms with E-state index in [9.17, 15) is 48.7 Å². The molecule has 0 aromatic rings. The number of hydrogen-bond acceptors (Lipinski definition) is 1. The van der Waals surface area contributed by atoms with Gasteiger partial charge in [0.2, 0.25) is 6.17 Å². The molecule has 1 amide bonds. The van der Waals surface area contributed by atoms with Crippen molar-refractivity contribution >= 4 is 5.91 Å². The summed E-state index contributed by atoms with van der Waals surface area (Å²) < 4.78 is 126. The van der Waals surface area contributed by atoms with E-state index in [2.05, 4.69) is 5.73 Å². The molecule has 0 fully saturated rings. The van der Waals surface area contributed by atoms with Crippen LogP contribution in [0.15, 0.2) is 0 Å². The maximum absolute atomic E-state index is 13.0. The Morgan fingerprint density at radius 1 is 0.714 bits per heavy atom. The van der Waals surface area contributed by atoms with Crippen LogP contribution in [0.5, 0.6) is 0 Å². The first-order valence-corrected chi connectivity index (χ1v) is 5.16. The van der Waals surface area contributed by atoms with Crippen LogP contribution in [-0.4, -0.2) is 55.3 Å². The molecule has 0 aromatic carbocycles. The van der Waals surface area contributed by atoms with E-state index in [4.69, 9.17) is 0 Å². The average Bonchev–Trinajstić information content (AvgIpc) is 2.41. The highest BCUT2D eigenvalue weighted by Crippen LogP contribution is 2.32. The van der Waals surface area contributed by atoms with Gasteiger partial charge in [-0.05, 0) is 0 Å². The van der Waals surface area contributed by atoms with E-state index in [1.54, 1.807) is 0 Å². The summed E-state index contributed by atoms with van der Waals surface area (Å²) in [5.74, 6) is -7.97. The SMILES string of the molecule is NC(=O)C(F)(F)C(F)C(F)C(F)C(F)C(F)C(F)C(F)F. The maximum Gasteiger partial charge on any atom is 0.357 e. The first kappa shape index (κ1) is 19.8. The molecule has 0 aromatic heterocycles. The fraction of sp³-hybridized carbons (Fsp3) is 0.889. The summed E-state index contributed by atoms with van der Waals surface area (Å²) in [4.78, 5) is 10.1. The first-order chi connectivity index (χ1) is 9.35. The topological polar surface area (TPSA) is 43.1 Å². The Morgan fingerprint density at radius 2 is 1.05 bits per heavy atom. The van der Waals surface area contributed by atoms with Gasteiger partial charge in [0.1, 0.15) is 0 Å². The van der Waals surface area contributed by atoms with Gasteiger partial charge in [0.05, 0.1) is 0 Å². The predicted molar refractivity (Wildman–Crippen MR) is 49.5 cm³/mol. The highest BCUT2D eigenvalue weighted by Gasteiger charge is 2.56. The first-order valence-electron chi connectivity index (χ1n) is 5.16. The Balaban J connectivity index is 4.99. The van der Waals surface area contributed by atoms with E-state index in [1.165, 1.54) is 0 Å². The normalized spacial score (nSPS) is 21.5. The van der Waals surface area contributed by atoms with Crippen molar-refractivity contribution in [2.45, 2.75) is 49.4 Å². The van der Waals surface area contributed by atoms with Gasteiger partial charge in [0, 0.05) is 0 Å². The van der Waals surface area contributed by atoms with Crippen LogP contribution in [0.25, 0.3) is 0 Å². The minimum Gasteiger partial charge on any atom is -0.364 e. The van der Waals surface area contributed by atoms with Gasteiger partial charge in [-0.1, -0.05) is 0 Å². The molecular weight excluding hydrogens is 328 g/mol. The number of carbonyl (C=O) groups is 1. The second-order valence-electron chi connectivity index (χ2n) is 3.95. The molecule has 126 valence electrons. The minimum atomic E-state index is -5.26. The quantitative estimate of drug-likeness (QED) is 0.679. The van der Waals surface area contributed by atoms with Gasteiger partial charge < -0.3 is 5.73 Å². The molecule has 0 spiro atoms. The van der Waals surface area contributed by atoms with Crippen molar-refractivity contribution < 1.29 is 48.7 Å². The Labute approximate surface area is 111 Å². The van der Waals surface area contributed by atoms with Crippen LogP contribution >= 0.6 is 0 Å². The van der Waals surface area contributed by atoms with Crippen LogP contribution in [0.4, 0.5) is 43.9 Å². The van der Waals surface area contributed by atoms with Gasteiger partial charge in [-0.3, -0.25) is 4.79 Å². The molecule has 0 bridgehead atoms. The molecule has 6 unspecified atom stereocenters. The van der Waals surface area contributed by atoms with E-state index >= 15 is 0 Å². The van der Waals surface area contributed by atoms with Crippen LogP contribution in [0.1, 0.15) is 0 Å². The Kier molecular flexibility index (Phi) is 6.74. The van der Waals surface area contributed by atoms with Crippen molar-refractivity contribution in [2.24, 2.45) is 5.73 Å². The smallest absolute Gasteiger partial charge is 0.357 e. The van der Waals surface area contributed by atoms with Crippen molar-refractivity contribution in [1.29, 1.82) is 0 Å². The molecule has 0 heterocycles. The number of hydrogen-bond donors (Lipinski definition) is 1. The summed E-state index contributed by atoms with van der Waals surface area (Å²) in [7, 11) is 0. The van der Waals surface area contributed by atoms with Gasteiger partial charge in [-0.2, -0.15) is 8.78 Å². The summed E-state index contributed by atoms with van der Waals surface area (Å²) in [6, 6.07) is 0. The zero-order valence-corrected chi connectivity index (χ0v) is 9.81.